The number of amides is 1. The van der Waals surface area contributed by atoms with E-state index in [1.165, 1.54) is 17.0 Å². The summed E-state index contributed by atoms with van der Waals surface area (Å²) in [6.07, 6.45) is 0.0547. The Kier molecular flexibility index (Phi) is 4.55. The Morgan fingerprint density at radius 3 is 2.52 bits per heavy atom. The highest BCUT2D eigenvalue weighted by molar-refractivity contribution is 5.65. The molecule has 6 heteroatoms. The zero-order chi connectivity index (χ0) is 15.5. The molecule has 1 amide bonds. The Morgan fingerprint density at radius 2 is 1.95 bits per heavy atom. The minimum absolute atomic E-state index is 0.108. The van der Waals surface area contributed by atoms with E-state index in [2.05, 4.69) is 0 Å². The highest BCUT2D eigenvalue weighted by Gasteiger charge is 2.29. The van der Waals surface area contributed by atoms with Crippen LogP contribution in [0.25, 0.3) is 6.08 Å². The maximum Gasteiger partial charge on any atom is 0.416 e. The first kappa shape index (κ1) is 15.4. The van der Waals surface area contributed by atoms with Crippen molar-refractivity contribution in [1.82, 2.24) is 4.90 Å². The van der Waals surface area contributed by atoms with Crippen LogP contribution in [0.4, 0.5) is 18.0 Å². The lowest BCUT2D eigenvalue weighted by molar-refractivity contribution is -0.137. The second-order valence-electron chi connectivity index (χ2n) is 5.11. The van der Waals surface area contributed by atoms with Gasteiger partial charge in [-0.3, -0.25) is 0 Å². The van der Waals surface area contributed by atoms with E-state index in [1.807, 2.05) is 6.08 Å². The molecule has 0 bridgehead atoms. The van der Waals surface area contributed by atoms with Gasteiger partial charge in [-0.1, -0.05) is 24.3 Å². The first-order valence-corrected chi connectivity index (χ1v) is 6.69. The third-order valence-electron chi connectivity index (χ3n) is 3.53. The molecule has 1 aliphatic rings. The van der Waals surface area contributed by atoms with E-state index in [0.29, 0.717) is 18.7 Å². The van der Waals surface area contributed by atoms with Crippen molar-refractivity contribution in [3.05, 3.63) is 41.5 Å². The number of halogens is 3. The number of likely N-dealkylation sites (tertiary alicyclic amines) is 1. The van der Waals surface area contributed by atoms with Gasteiger partial charge in [-0.15, -0.1) is 0 Å². The summed E-state index contributed by atoms with van der Waals surface area (Å²) in [5.41, 5.74) is 0.00446. The Morgan fingerprint density at radius 1 is 1.29 bits per heavy atom. The van der Waals surface area contributed by atoms with Gasteiger partial charge >= 0.3 is 12.3 Å². The second kappa shape index (κ2) is 6.20. The van der Waals surface area contributed by atoms with E-state index in [-0.39, 0.29) is 5.92 Å². The van der Waals surface area contributed by atoms with Gasteiger partial charge < -0.3 is 10.0 Å². The molecular formula is C15H16F3NO2. The van der Waals surface area contributed by atoms with Crippen LogP contribution in [0.1, 0.15) is 24.0 Å². The van der Waals surface area contributed by atoms with Crippen LogP contribution in [-0.2, 0) is 6.18 Å². The first-order chi connectivity index (χ1) is 9.86. The summed E-state index contributed by atoms with van der Waals surface area (Å²) in [6, 6.07) is 4.92. The van der Waals surface area contributed by atoms with Crippen LogP contribution in [-0.4, -0.2) is 29.2 Å². The van der Waals surface area contributed by atoms with Crippen molar-refractivity contribution in [2.45, 2.75) is 19.0 Å². The van der Waals surface area contributed by atoms with Gasteiger partial charge in [0.2, 0.25) is 0 Å². The molecule has 1 aromatic rings. The van der Waals surface area contributed by atoms with Crippen LogP contribution < -0.4 is 0 Å². The Labute approximate surface area is 120 Å². The molecule has 1 atom stereocenters. The molecule has 1 aliphatic heterocycles. The van der Waals surface area contributed by atoms with Crippen molar-refractivity contribution in [3.63, 3.8) is 0 Å². The topological polar surface area (TPSA) is 40.5 Å². The van der Waals surface area contributed by atoms with Crippen LogP contribution in [0.15, 0.2) is 30.3 Å². The highest BCUT2D eigenvalue weighted by Crippen LogP contribution is 2.29. The third kappa shape index (κ3) is 4.24. The molecule has 0 aliphatic carbocycles. The summed E-state index contributed by atoms with van der Waals surface area (Å²) in [5, 5.41) is 8.94. The minimum atomic E-state index is -4.33. The quantitative estimate of drug-likeness (QED) is 0.892. The molecule has 0 aromatic heterocycles. The summed E-state index contributed by atoms with van der Waals surface area (Å²) < 4.78 is 37.3. The first-order valence-electron chi connectivity index (χ1n) is 6.69. The number of alkyl halides is 3. The lowest BCUT2D eigenvalue weighted by Gasteiger charge is -2.28. The molecule has 1 fully saturated rings. The zero-order valence-electron chi connectivity index (χ0n) is 11.3. The number of benzene rings is 1. The number of carbonyl (C=O) groups is 1. The van der Waals surface area contributed by atoms with E-state index in [1.54, 1.807) is 6.08 Å². The molecule has 1 N–H and O–H groups in total. The molecule has 21 heavy (non-hydrogen) atoms. The van der Waals surface area contributed by atoms with E-state index in [9.17, 15) is 18.0 Å². The SMILES string of the molecule is O=C(O)N1CCCC(/C=C/c2ccc(C(F)(F)F)cc2)C1. The van der Waals surface area contributed by atoms with Gasteiger partial charge in [-0.25, -0.2) is 4.79 Å². The Hall–Kier alpha value is -1.98. The van der Waals surface area contributed by atoms with Crippen LogP contribution in [0.2, 0.25) is 0 Å². The van der Waals surface area contributed by atoms with E-state index >= 15 is 0 Å². The molecule has 1 saturated heterocycles. The maximum atomic E-state index is 12.4. The zero-order valence-corrected chi connectivity index (χ0v) is 11.3. The number of hydrogen-bond acceptors (Lipinski definition) is 1. The molecule has 3 nitrogen and oxygen atoms in total. The lowest BCUT2D eigenvalue weighted by atomic mass is 9.97. The van der Waals surface area contributed by atoms with Crippen LogP contribution in [0.5, 0.6) is 0 Å². The van der Waals surface area contributed by atoms with Gasteiger partial charge in [0.15, 0.2) is 0 Å². The monoisotopic (exact) mass is 299 g/mol. The molecule has 0 saturated carbocycles. The predicted molar refractivity (Wildman–Crippen MR) is 72.8 cm³/mol. The van der Waals surface area contributed by atoms with Crippen molar-refractivity contribution in [2.75, 3.05) is 13.1 Å². The summed E-state index contributed by atoms with van der Waals surface area (Å²) >= 11 is 0. The summed E-state index contributed by atoms with van der Waals surface area (Å²) in [6.45, 7) is 0.979. The van der Waals surface area contributed by atoms with E-state index < -0.39 is 17.8 Å². The fourth-order valence-corrected chi connectivity index (χ4v) is 2.37. The number of rotatable bonds is 2. The van der Waals surface area contributed by atoms with Crippen molar-refractivity contribution in [1.29, 1.82) is 0 Å². The molecule has 114 valence electrons. The Bertz CT molecular complexity index is 523. The summed E-state index contributed by atoms with van der Waals surface area (Å²) in [5.74, 6) is 0.108. The lowest BCUT2D eigenvalue weighted by Crippen LogP contribution is -2.38. The van der Waals surface area contributed by atoms with Gasteiger partial charge in [0, 0.05) is 13.1 Å². The van der Waals surface area contributed by atoms with Crippen LogP contribution >= 0.6 is 0 Å². The molecular weight excluding hydrogens is 283 g/mol. The van der Waals surface area contributed by atoms with E-state index in [0.717, 1.165) is 25.0 Å². The van der Waals surface area contributed by atoms with Gasteiger partial charge in [-0.2, -0.15) is 13.2 Å². The van der Waals surface area contributed by atoms with Gasteiger partial charge in [-0.05, 0) is 36.5 Å². The molecule has 2 rings (SSSR count). The number of hydrogen-bond donors (Lipinski definition) is 1. The van der Waals surface area contributed by atoms with Gasteiger partial charge in [0.1, 0.15) is 0 Å². The number of carboxylic acid groups (broad SMARTS) is 1. The molecule has 1 aromatic carbocycles. The Balaban J connectivity index is 1.99. The largest absolute Gasteiger partial charge is 0.465 e. The van der Waals surface area contributed by atoms with Crippen molar-refractivity contribution in [2.24, 2.45) is 5.92 Å². The maximum absolute atomic E-state index is 12.4. The number of piperidine rings is 1. The minimum Gasteiger partial charge on any atom is -0.465 e. The fourth-order valence-electron chi connectivity index (χ4n) is 2.37. The predicted octanol–water partition coefficient (Wildman–Crippen LogP) is 4.11. The van der Waals surface area contributed by atoms with Crippen LogP contribution in [0, 0.1) is 5.92 Å². The van der Waals surface area contributed by atoms with E-state index in [4.69, 9.17) is 5.11 Å². The van der Waals surface area contributed by atoms with Crippen molar-refractivity contribution >= 4 is 12.2 Å². The molecule has 0 radical (unpaired) electrons. The smallest absolute Gasteiger partial charge is 0.416 e. The second-order valence-corrected chi connectivity index (χ2v) is 5.11. The van der Waals surface area contributed by atoms with Crippen molar-refractivity contribution < 1.29 is 23.1 Å². The number of nitrogens with zero attached hydrogens (tertiary/aromatic N) is 1. The standard InChI is InChI=1S/C15H16F3NO2/c16-15(17,18)13-7-5-11(6-8-13)3-4-12-2-1-9-19(10-12)14(20)21/h3-8,12H,1-2,9-10H2,(H,20,21)/b4-3+. The fraction of sp³-hybridized carbons (Fsp3) is 0.400. The van der Waals surface area contributed by atoms with Gasteiger partial charge in [0.05, 0.1) is 5.56 Å². The summed E-state index contributed by atoms with van der Waals surface area (Å²) in [7, 11) is 0. The highest BCUT2D eigenvalue weighted by atomic mass is 19.4. The van der Waals surface area contributed by atoms with Crippen LogP contribution in [0.3, 0.4) is 0 Å². The molecule has 1 heterocycles. The van der Waals surface area contributed by atoms with Gasteiger partial charge in [0.25, 0.3) is 0 Å². The summed E-state index contributed by atoms with van der Waals surface area (Å²) in [4.78, 5) is 12.3. The van der Waals surface area contributed by atoms with Crippen molar-refractivity contribution in [3.8, 4) is 0 Å². The molecule has 0 spiro atoms. The third-order valence-corrected chi connectivity index (χ3v) is 3.53. The molecule has 1 unspecified atom stereocenters. The average molecular weight is 299 g/mol. The normalized spacial score (nSPS) is 20.0. The average Bonchev–Trinajstić information content (AvgIpc) is 2.45.